The van der Waals surface area contributed by atoms with Crippen molar-refractivity contribution >= 4 is 6.16 Å². The minimum Gasteiger partial charge on any atom is -0.403 e. The van der Waals surface area contributed by atoms with Crippen LogP contribution in [0.1, 0.15) is 181 Å². The molecule has 0 saturated carbocycles. The summed E-state index contributed by atoms with van der Waals surface area (Å²) >= 11 is 0. The van der Waals surface area contributed by atoms with Crippen molar-refractivity contribution in [2.75, 3.05) is 0 Å². The Kier molecular flexibility index (Phi) is 30.7. The molecule has 0 fully saturated rings. The highest BCUT2D eigenvalue weighted by molar-refractivity contribution is 5.61. The van der Waals surface area contributed by atoms with Crippen molar-refractivity contribution in [2.45, 2.75) is 181 Å². The Labute approximate surface area is 225 Å². The fraction of sp³-hybridized carbons (Fsp3) is 0.848. The van der Waals surface area contributed by atoms with E-state index in [1.54, 1.807) is 0 Å². The van der Waals surface area contributed by atoms with Crippen LogP contribution in [0.15, 0.2) is 24.7 Å². The predicted molar refractivity (Wildman–Crippen MR) is 157 cm³/mol. The number of hydrogen-bond acceptors (Lipinski definition) is 3. The molecule has 0 atom stereocenters. The van der Waals surface area contributed by atoms with E-state index in [-0.39, 0.29) is 0 Å². The Morgan fingerprint density at radius 1 is 0.417 bits per heavy atom. The van der Waals surface area contributed by atoms with E-state index >= 15 is 0 Å². The summed E-state index contributed by atoms with van der Waals surface area (Å²) in [6, 6.07) is 0. The molecule has 212 valence electrons. The fourth-order valence-electron chi connectivity index (χ4n) is 4.58. The molecule has 0 aliphatic carbocycles. The lowest BCUT2D eigenvalue weighted by molar-refractivity contribution is 0.119. The smallest absolute Gasteiger partial charge is 0.403 e. The lowest BCUT2D eigenvalue weighted by atomic mass is 10.0. The van der Waals surface area contributed by atoms with Crippen LogP contribution in [0.3, 0.4) is 0 Å². The SMILES string of the molecule is CCCCCCCCCCCCCC/C=C/OC(=O)O/C=C/CCCCCCCCCCCCCC. The van der Waals surface area contributed by atoms with Gasteiger partial charge in [-0.05, 0) is 37.8 Å². The molecule has 0 unspecified atom stereocenters. The van der Waals surface area contributed by atoms with E-state index in [0.717, 1.165) is 25.7 Å². The number of unbranched alkanes of at least 4 members (excludes halogenated alkanes) is 24. The highest BCUT2D eigenvalue weighted by Crippen LogP contribution is 2.14. The topological polar surface area (TPSA) is 35.5 Å². The van der Waals surface area contributed by atoms with Crippen molar-refractivity contribution in [3.05, 3.63) is 24.7 Å². The molecule has 0 aliphatic heterocycles. The Balaban J connectivity index is 3.29. The lowest BCUT2D eigenvalue weighted by Gasteiger charge is -2.02. The quantitative estimate of drug-likeness (QED) is 0.0601. The summed E-state index contributed by atoms with van der Waals surface area (Å²) in [5, 5.41) is 0. The minimum absolute atomic E-state index is 0.646. The maximum atomic E-state index is 11.6. The third-order valence-corrected chi connectivity index (χ3v) is 6.97. The van der Waals surface area contributed by atoms with Crippen molar-refractivity contribution in [1.82, 2.24) is 0 Å². The van der Waals surface area contributed by atoms with E-state index in [1.165, 1.54) is 154 Å². The molecule has 0 N–H and O–H groups in total. The van der Waals surface area contributed by atoms with Gasteiger partial charge in [-0.3, -0.25) is 0 Å². The van der Waals surface area contributed by atoms with Gasteiger partial charge in [0.05, 0.1) is 12.5 Å². The van der Waals surface area contributed by atoms with Crippen LogP contribution >= 0.6 is 0 Å². The third kappa shape index (κ3) is 30.8. The van der Waals surface area contributed by atoms with E-state index in [4.69, 9.17) is 9.47 Å². The molecule has 0 saturated heterocycles. The zero-order valence-corrected chi connectivity index (χ0v) is 24.4. The van der Waals surface area contributed by atoms with Gasteiger partial charge in [-0.1, -0.05) is 155 Å². The first-order valence-electron chi connectivity index (χ1n) is 16.0. The highest BCUT2D eigenvalue weighted by atomic mass is 16.7. The van der Waals surface area contributed by atoms with Gasteiger partial charge in [0.15, 0.2) is 0 Å². The molecule has 0 rings (SSSR count). The van der Waals surface area contributed by atoms with Gasteiger partial charge in [-0.25, -0.2) is 4.79 Å². The van der Waals surface area contributed by atoms with Gasteiger partial charge >= 0.3 is 6.16 Å². The molecule has 0 heterocycles. The van der Waals surface area contributed by atoms with E-state index in [0.29, 0.717) is 0 Å². The molecular weight excluding hydrogens is 444 g/mol. The molecule has 0 amide bonds. The standard InChI is InChI=1S/C33H62O3/c1-3-5-7-9-11-13-15-17-19-21-23-25-27-29-31-35-33(34)36-32-30-28-26-24-22-20-18-16-14-12-10-8-6-4-2/h29-32H,3-28H2,1-2H3/b31-29+,32-30+. The highest BCUT2D eigenvalue weighted by Gasteiger charge is 1.98. The van der Waals surface area contributed by atoms with Crippen LogP contribution in [0, 0.1) is 0 Å². The maximum Gasteiger partial charge on any atom is 0.518 e. The Hall–Kier alpha value is -1.25. The molecule has 0 radical (unpaired) electrons. The van der Waals surface area contributed by atoms with Crippen molar-refractivity contribution in [1.29, 1.82) is 0 Å². The second-order valence-corrected chi connectivity index (χ2v) is 10.6. The van der Waals surface area contributed by atoms with Gasteiger partial charge < -0.3 is 9.47 Å². The van der Waals surface area contributed by atoms with Gasteiger partial charge in [0.1, 0.15) is 0 Å². The summed E-state index contributed by atoms with van der Waals surface area (Å²) in [4.78, 5) is 11.6. The Morgan fingerprint density at radius 2 is 0.667 bits per heavy atom. The normalized spacial score (nSPS) is 11.6. The number of rotatable bonds is 28. The first-order chi connectivity index (χ1) is 17.8. The molecule has 3 nitrogen and oxygen atoms in total. The minimum atomic E-state index is -0.646. The average Bonchev–Trinajstić information content (AvgIpc) is 2.88. The predicted octanol–water partition coefficient (Wildman–Crippen LogP) is 12.3. The van der Waals surface area contributed by atoms with Gasteiger partial charge in [-0.2, -0.15) is 0 Å². The van der Waals surface area contributed by atoms with Gasteiger partial charge in [0.2, 0.25) is 0 Å². The van der Waals surface area contributed by atoms with Gasteiger partial charge in [0.25, 0.3) is 0 Å². The molecule has 0 aliphatic rings. The number of allylic oxidation sites excluding steroid dienone is 2. The fourth-order valence-corrected chi connectivity index (χ4v) is 4.58. The zero-order valence-electron chi connectivity index (χ0n) is 24.4. The van der Waals surface area contributed by atoms with E-state index in [1.807, 2.05) is 12.2 Å². The van der Waals surface area contributed by atoms with E-state index < -0.39 is 6.16 Å². The molecule has 0 aromatic heterocycles. The monoisotopic (exact) mass is 506 g/mol. The summed E-state index contributed by atoms with van der Waals surface area (Å²) in [5.74, 6) is 0. The molecule has 3 heteroatoms. The summed E-state index contributed by atoms with van der Waals surface area (Å²) in [6.07, 6.45) is 40.6. The van der Waals surface area contributed by atoms with Crippen molar-refractivity contribution in [2.24, 2.45) is 0 Å². The molecular formula is C33H62O3. The number of hydrogen-bond donors (Lipinski definition) is 0. The van der Waals surface area contributed by atoms with Crippen LogP contribution in [0.2, 0.25) is 0 Å². The van der Waals surface area contributed by atoms with Crippen LogP contribution in [0.4, 0.5) is 4.79 Å². The number of carbonyl (C=O) groups excluding carboxylic acids is 1. The first kappa shape index (κ1) is 34.8. The van der Waals surface area contributed by atoms with Crippen LogP contribution in [0.25, 0.3) is 0 Å². The number of carbonyl (C=O) groups is 1. The van der Waals surface area contributed by atoms with Crippen LogP contribution in [-0.4, -0.2) is 6.16 Å². The Morgan fingerprint density at radius 3 is 0.944 bits per heavy atom. The second kappa shape index (κ2) is 31.8. The average molecular weight is 507 g/mol. The largest absolute Gasteiger partial charge is 0.518 e. The van der Waals surface area contributed by atoms with Gasteiger partial charge in [0, 0.05) is 0 Å². The molecule has 0 bridgehead atoms. The van der Waals surface area contributed by atoms with E-state index in [9.17, 15) is 4.79 Å². The number of ether oxygens (including phenoxy) is 2. The van der Waals surface area contributed by atoms with Crippen molar-refractivity contribution in [3.8, 4) is 0 Å². The third-order valence-electron chi connectivity index (χ3n) is 6.97. The van der Waals surface area contributed by atoms with Gasteiger partial charge in [-0.15, -0.1) is 0 Å². The van der Waals surface area contributed by atoms with Crippen LogP contribution < -0.4 is 0 Å². The zero-order chi connectivity index (χ0) is 26.2. The second-order valence-electron chi connectivity index (χ2n) is 10.6. The van der Waals surface area contributed by atoms with Crippen molar-refractivity contribution in [3.63, 3.8) is 0 Å². The first-order valence-corrected chi connectivity index (χ1v) is 16.0. The molecule has 0 aromatic rings. The Bertz CT molecular complexity index is 441. The summed E-state index contributed by atoms with van der Waals surface area (Å²) in [5.41, 5.74) is 0. The molecule has 0 aromatic carbocycles. The molecule has 0 spiro atoms. The summed E-state index contributed by atoms with van der Waals surface area (Å²) in [6.45, 7) is 4.55. The lowest BCUT2D eigenvalue weighted by Crippen LogP contribution is -1.97. The van der Waals surface area contributed by atoms with Crippen LogP contribution in [0.5, 0.6) is 0 Å². The van der Waals surface area contributed by atoms with Crippen LogP contribution in [-0.2, 0) is 9.47 Å². The maximum absolute atomic E-state index is 11.6. The summed E-state index contributed by atoms with van der Waals surface area (Å²) < 4.78 is 9.95. The van der Waals surface area contributed by atoms with E-state index in [2.05, 4.69) is 13.8 Å². The van der Waals surface area contributed by atoms with Crippen molar-refractivity contribution < 1.29 is 14.3 Å². The molecule has 36 heavy (non-hydrogen) atoms. The summed E-state index contributed by atoms with van der Waals surface area (Å²) in [7, 11) is 0.